The van der Waals surface area contributed by atoms with Crippen LogP contribution >= 0.6 is 0 Å². The first-order valence-electron chi connectivity index (χ1n) is 13.4. The van der Waals surface area contributed by atoms with E-state index in [1.54, 1.807) is 19.6 Å². The Morgan fingerprint density at radius 3 is 2.52 bits per heavy atom. The van der Waals surface area contributed by atoms with Crippen LogP contribution in [-0.2, 0) is 23.8 Å². The van der Waals surface area contributed by atoms with E-state index in [0.29, 0.717) is 53.2 Å². The maximum absolute atomic E-state index is 12.4. The second-order valence-corrected chi connectivity index (χ2v) is 10.3. The first kappa shape index (κ1) is 25.8. The molecular weight excluding hydrogens is 502 g/mol. The monoisotopic (exact) mass is 533 g/mol. The Kier molecular flexibility index (Phi) is 6.84. The van der Waals surface area contributed by atoms with Crippen molar-refractivity contribution in [1.82, 2.24) is 19.1 Å². The first-order valence-corrected chi connectivity index (χ1v) is 13.4. The smallest absolute Gasteiger partial charge is 0.218 e. The van der Waals surface area contributed by atoms with Crippen molar-refractivity contribution in [2.45, 2.75) is 24.9 Å². The molecule has 1 unspecified atom stereocenters. The molecule has 8 nitrogen and oxygen atoms in total. The van der Waals surface area contributed by atoms with Crippen molar-refractivity contribution in [3.8, 4) is 17.6 Å². The van der Waals surface area contributed by atoms with E-state index in [2.05, 4.69) is 35.3 Å². The summed E-state index contributed by atoms with van der Waals surface area (Å²) in [6, 6.07) is 20.3. The van der Waals surface area contributed by atoms with E-state index >= 15 is 0 Å². The van der Waals surface area contributed by atoms with Crippen LogP contribution in [0.4, 0.5) is 0 Å². The van der Waals surface area contributed by atoms with Gasteiger partial charge < -0.3 is 23.7 Å². The van der Waals surface area contributed by atoms with Crippen molar-refractivity contribution < 1.29 is 14.6 Å². The summed E-state index contributed by atoms with van der Waals surface area (Å²) < 4.78 is 15.2. The van der Waals surface area contributed by atoms with Gasteiger partial charge in [-0.3, -0.25) is 0 Å². The number of benzene rings is 2. The minimum atomic E-state index is -1.30. The highest BCUT2D eigenvalue weighted by molar-refractivity contribution is 5.88. The molecule has 6 rings (SSSR count). The minimum absolute atomic E-state index is 0.0656. The molecule has 1 aliphatic heterocycles. The van der Waals surface area contributed by atoms with Crippen LogP contribution in [0.15, 0.2) is 79.5 Å². The molecule has 0 saturated carbocycles. The molecule has 0 bridgehead atoms. The van der Waals surface area contributed by atoms with Crippen molar-refractivity contribution in [2.75, 3.05) is 20.3 Å². The summed E-state index contributed by atoms with van der Waals surface area (Å²) in [7, 11) is 3.47. The summed E-state index contributed by atoms with van der Waals surface area (Å²) in [5.74, 6) is 0.363. The summed E-state index contributed by atoms with van der Waals surface area (Å²) in [4.78, 5) is 9.08. The number of nitrogens with zero attached hydrogens (tertiary/aromatic N) is 5. The zero-order chi connectivity index (χ0) is 27.7. The highest BCUT2D eigenvalue weighted by Crippen LogP contribution is 2.43. The summed E-state index contributed by atoms with van der Waals surface area (Å²) >= 11 is 0. The van der Waals surface area contributed by atoms with Crippen LogP contribution < -0.4 is 4.74 Å². The Balaban J connectivity index is 1.46. The van der Waals surface area contributed by atoms with Gasteiger partial charge in [0.2, 0.25) is 5.88 Å². The minimum Gasteiger partial charge on any atom is -0.481 e. The summed E-state index contributed by atoms with van der Waals surface area (Å²) in [6.07, 6.45) is 9.35. The van der Waals surface area contributed by atoms with E-state index in [4.69, 9.17) is 14.5 Å². The van der Waals surface area contributed by atoms with Gasteiger partial charge in [0.05, 0.1) is 36.4 Å². The number of rotatable bonds is 7. The average Bonchev–Trinajstić information content (AvgIpc) is 3.69. The summed E-state index contributed by atoms with van der Waals surface area (Å²) in [5.41, 5.74) is 4.08. The van der Waals surface area contributed by atoms with E-state index in [-0.39, 0.29) is 5.92 Å². The van der Waals surface area contributed by atoms with E-state index in [9.17, 15) is 10.4 Å². The fraction of sp³-hybridized carbons (Fsp3) is 0.281. The van der Waals surface area contributed by atoms with E-state index < -0.39 is 5.60 Å². The number of nitriles is 1. The maximum atomic E-state index is 12.4. The average molecular weight is 534 g/mol. The molecule has 0 amide bonds. The summed E-state index contributed by atoms with van der Waals surface area (Å²) in [6.45, 7) is 1.18. The summed E-state index contributed by atoms with van der Waals surface area (Å²) in [5, 5.41) is 23.5. The van der Waals surface area contributed by atoms with Gasteiger partial charge in [-0.15, -0.1) is 0 Å². The number of ether oxygens (including phenoxy) is 2. The Hall–Kier alpha value is -4.45. The third-order valence-electron chi connectivity index (χ3n) is 8.03. The molecule has 5 aromatic rings. The molecule has 1 N–H and O–H groups in total. The molecule has 0 aliphatic carbocycles. The largest absolute Gasteiger partial charge is 0.481 e. The predicted molar refractivity (Wildman–Crippen MR) is 151 cm³/mol. The molecule has 1 fully saturated rings. The zero-order valence-corrected chi connectivity index (χ0v) is 22.6. The van der Waals surface area contributed by atoms with Crippen molar-refractivity contribution in [3.63, 3.8) is 0 Å². The van der Waals surface area contributed by atoms with Crippen molar-refractivity contribution in [1.29, 1.82) is 5.26 Å². The van der Waals surface area contributed by atoms with Crippen LogP contribution in [0.25, 0.3) is 16.6 Å². The number of aryl methyl sites for hydroxylation is 1. The Labute approximate surface area is 233 Å². The number of methoxy groups -OCH3 is 1. The molecule has 202 valence electrons. The Morgan fingerprint density at radius 1 is 1.12 bits per heavy atom. The van der Waals surface area contributed by atoms with Crippen LogP contribution in [0.2, 0.25) is 0 Å². The molecule has 2 aromatic carbocycles. The van der Waals surface area contributed by atoms with E-state index in [0.717, 1.165) is 29.7 Å². The Morgan fingerprint density at radius 2 is 1.88 bits per heavy atom. The third-order valence-corrected chi connectivity index (χ3v) is 8.03. The lowest BCUT2D eigenvalue weighted by atomic mass is 9.74. The van der Waals surface area contributed by atoms with Gasteiger partial charge in [0.25, 0.3) is 0 Å². The molecule has 8 heteroatoms. The standard InChI is InChI=1S/C32H31N5O3/c1-36-21-34-20-30(36)32(38,23-11-15-40-16-12-23)24-7-10-29-26(18-24)28(19-33)27(31(35-29)39-2)17-22-5-8-25(9-6-22)37-13-3-4-14-37/h3-10,13-14,18,20-21,23,38H,11-12,15-17H2,1-2H3. The first-order chi connectivity index (χ1) is 19.5. The van der Waals surface area contributed by atoms with Crippen LogP contribution in [0.3, 0.4) is 0 Å². The maximum Gasteiger partial charge on any atom is 0.218 e. The van der Waals surface area contributed by atoms with Gasteiger partial charge in [-0.2, -0.15) is 5.26 Å². The fourth-order valence-corrected chi connectivity index (χ4v) is 5.91. The number of hydrogen-bond donors (Lipinski definition) is 1. The lowest BCUT2D eigenvalue weighted by molar-refractivity contribution is -0.0470. The van der Waals surface area contributed by atoms with Crippen LogP contribution in [0.5, 0.6) is 5.88 Å². The number of imidazole rings is 1. The number of aromatic nitrogens is 4. The van der Waals surface area contributed by atoms with Crippen LogP contribution in [0, 0.1) is 17.2 Å². The number of fused-ring (bicyclic) bond motifs is 1. The molecule has 1 atom stereocenters. The topological polar surface area (TPSA) is 98.1 Å². The lowest BCUT2D eigenvalue weighted by Gasteiger charge is -2.39. The van der Waals surface area contributed by atoms with Crippen molar-refractivity contribution >= 4 is 10.9 Å². The van der Waals surface area contributed by atoms with Gasteiger partial charge in [-0.25, -0.2) is 9.97 Å². The SMILES string of the molecule is COc1nc2ccc(C(O)(c3cncn3C)C3CCOCC3)cc2c(C#N)c1Cc1ccc(-n2cccc2)cc1. The van der Waals surface area contributed by atoms with E-state index in [1.165, 1.54) is 0 Å². The highest BCUT2D eigenvalue weighted by Gasteiger charge is 2.43. The van der Waals surface area contributed by atoms with Crippen LogP contribution in [0.1, 0.15) is 40.8 Å². The molecule has 4 heterocycles. The number of pyridine rings is 1. The molecular formula is C32H31N5O3. The molecule has 1 saturated heterocycles. The van der Waals surface area contributed by atoms with Crippen LogP contribution in [-0.4, -0.2) is 44.5 Å². The van der Waals surface area contributed by atoms with Gasteiger partial charge in [-0.1, -0.05) is 18.2 Å². The lowest BCUT2D eigenvalue weighted by Crippen LogP contribution is -2.41. The normalized spacial score (nSPS) is 15.6. The van der Waals surface area contributed by atoms with Gasteiger partial charge in [0.15, 0.2) is 0 Å². The number of aliphatic hydroxyl groups is 1. The fourth-order valence-electron chi connectivity index (χ4n) is 5.91. The third kappa shape index (κ3) is 4.43. The Bertz CT molecular complexity index is 1680. The van der Waals surface area contributed by atoms with Gasteiger partial charge in [-0.05, 0) is 60.4 Å². The second kappa shape index (κ2) is 10.6. The van der Waals surface area contributed by atoms with Gasteiger partial charge >= 0.3 is 0 Å². The van der Waals surface area contributed by atoms with Crippen molar-refractivity contribution in [3.05, 3.63) is 107 Å². The van der Waals surface area contributed by atoms with Gasteiger partial charge in [0.1, 0.15) is 11.7 Å². The van der Waals surface area contributed by atoms with E-state index in [1.807, 2.05) is 58.9 Å². The number of hydrogen-bond acceptors (Lipinski definition) is 6. The zero-order valence-electron chi connectivity index (χ0n) is 22.6. The molecule has 0 radical (unpaired) electrons. The quantitative estimate of drug-likeness (QED) is 0.320. The van der Waals surface area contributed by atoms with Gasteiger partial charge in [0, 0.05) is 61.6 Å². The van der Waals surface area contributed by atoms with Crippen molar-refractivity contribution in [2.24, 2.45) is 13.0 Å². The second-order valence-electron chi connectivity index (χ2n) is 10.3. The molecule has 0 spiro atoms. The predicted octanol–water partition coefficient (Wildman–Crippen LogP) is 4.89. The molecule has 40 heavy (non-hydrogen) atoms. The molecule has 3 aromatic heterocycles. The highest BCUT2D eigenvalue weighted by atomic mass is 16.5. The molecule has 1 aliphatic rings.